The second-order valence-corrected chi connectivity index (χ2v) is 4.72. The fourth-order valence-electron chi connectivity index (χ4n) is 1.79. The average molecular weight is 307 g/mol. The second kappa shape index (κ2) is 6.90. The largest absolute Gasteiger partial charge is 0.465 e. The molecular formula is C14H15ClN4O2. The van der Waals surface area contributed by atoms with Crippen molar-refractivity contribution in [1.82, 2.24) is 10.2 Å². The molecule has 0 radical (unpaired) electrons. The number of ether oxygens (including phenoxy) is 1. The molecule has 0 amide bonds. The predicted molar refractivity (Wildman–Crippen MR) is 81.4 cm³/mol. The Morgan fingerprint density at radius 1 is 1.33 bits per heavy atom. The van der Waals surface area contributed by atoms with Gasteiger partial charge in [-0.1, -0.05) is 23.7 Å². The van der Waals surface area contributed by atoms with E-state index in [1.54, 1.807) is 18.2 Å². The van der Waals surface area contributed by atoms with E-state index in [-0.39, 0.29) is 11.1 Å². The van der Waals surface area contributed by atoms with E-state index in [9.17, 15) is 4.79 Å². The minimum Gasteiger partial charge on any atom is -0.465 e. The van der Waals surface area contributed by atoms with E-state index >= 15 is 0 Å². The molecule has 0 aliphatic rings. The summed E-state index contributed by atoms with van der Waals surface area (Å²) >= 11 is 5.76. The summed E-state index contributed by atoms with van der Waals surface area (Å²) in [4.78, 5) is 11.3. The van der Waals surface area contributed by atoms with E-state index in [2.05, 4.69) is 20.3 Å². The summed E-state index contributed by atoms with van der Waals surface area (Å²) in [6.45, 7) is 0.657. The van der Waals surface area contributed by atoms with Crippen molar-refractivity contribution in [3.05, 3.63) is 46.6 Å². The lowest BCUT2D eigenvalue weighted by Gasteiger charge is -2.08. The summed E-state index contributed by atoms with van der Waals surface area (Å²) in [6, 6.07) is 8.87. The van der Waals surface area contributed by atoms with Crippen LogP contribution in [0.2, 0.25) is 5.15 Å². The number of aromatic nitrogens is 2. The van der Waals surface area contributed by atoms with Gasteiger partial charge >= 0.3 is 5.97 Å². The molecule has 110 valence electrons. The third kappa shape index (κ3) is 4.06. The molecule has 0 saturated heterocycles. The summed E-state index contributed by atoms with van der Waals surface area (Å²) in [5.74, 6) is -0.0367. The molecule has 1 aromatic heterocycles. The highest BCUT2D eigenvalue weighted by atomic mass is 35.5. The van der Waals surface area contributed by atoms with E-state index in [0.29, 0.717) is 23.6 Å². The normalized spacial score (nSPS) is 10.2. The van der Waals surface area contributed by atoms with Gasteiger partial charge in [0.15, 0.2) is 11.0 Å². The predicted octanol–water partition coefficient (Wildman–Crippen LogP) is 2.15. The molecule has 6 nitrogen and oxygen atoms in total. The van der Waals surface area contributed by atoms with Gasteiger partial charge in [-0.3, -0.25) is 0 Å². The summed E-state index contributed by atoms with van der Waals surface area (Å²) in [6.07, 6.45) is 0.765. The molecule has 0 saturated carbocycles. The van der Waals surface area contributed by atoms with E-state index < -0.39 is 0 Å². The highest BCUT2D eigenvalue weighted by molar-refractivity contribution is 6.29. The number of anilines is 2. The van der Waals surface area contributed by atoms with E-state index in [1.807, 2.05) is 12.1 Å². The fourth-order valence-corrected chi connectivity index (χ4v) is 1.93. The Morgan fingerprint density at radius 2 is 2.05 bits per heavy atom. The Morgan fingerprint density at radius 3 is 2.71 bits per heavy atom. The Kier molecular flexibility index (Phi) is 4.94. The molecule has 0 unspecified atom stereocenters. The zero-order valence-electron chi connectivity index (χ0n) is 11.5. The molecule has 0 spiro atoms. The first kappa shape index (κ1) is 15.1. The van der Waals surface area contributed by atoms with Crippen molar-refractivity contribution in [3.8, 4) is 0 Å². The standard InChI is InChI=1S/C14H15ClN4O2/c1-21-14(20)10-4-2-9(3-5-10)6-7-17-11-8-12(15)18-19-13(11)16/h2-5,8H,6-7H2,1H3,(H2,16,19)(H,17,18). The first-order chi connectivity index (χ1) is 10.1. The Bertz CT molecular complexity index is 631. The van der Waals surface area contributed by atoms with E-state index in [0.717, 1.165) is 12.0 Å². The maximum Gasteiger partial charge on any atom is 0.337 e. The van der Waals surface area contributed by atoms with Crippen molar-refractivity contribution in [2.75, 3.05) is 24.7 Å². The number of carbonyl (C=O) groups is 1. The quantitative estimate of drug-likeness (QED) is 0.823. The molecule has 1 aromatic carbocycles. The minimum atomic E-state index is -0.343. The highest BCUT2D eigenvalue weighted by Gasteiger charge is 2.05. The van der Waals surface area contributed by atoms with Crippen LogP contribution in [-0.2, 0) is 11.2 Å². The molecule has 2 rings (SSSR count). The second-order valence-electron chi connectivity index (χ2n) is 4.33. The number of nitrogen functional groups attached to an aromatic ring is 1. The number of carbonyl (C=O) groups excluding carboxylic acids is 1. The SMILES string of the molecule is COC(=O)c1ccc(CCNc2cc(Cl)nnc2N)cc1. The number of rotatable bonds is 5. The molecule has 2 aromatic rings. The van der Waals surface area contributed by atoms with Crippen molar-refractivity contribution in [2.24, 2.45) is 0 Å². The van der Waals surface area contributed by atoms with Crippen LogP contribution >= 0.6 is 11.6 Å². The van der Waals surface area contributed by atoms with Crippen LogP contribution in [0, 0.1) is 0 Å². The number of nitrogens with two attached hydrogens (primary N) is 1. The number of nitrogens with one attached hydrogen (secondary N) is 1. The number of hydrogen-bond acceptors (Lipinski definition) is 6. The lowest BCUT2D eigenvalue weighted by molar-refractivity contribution is 0.0600. The summed E-state index contributed by atoms with van der Waals surface area (Å²) < 4.78 is 4.65. The molecule has 0 atom stereocenters. The number of esters is 1. The van der Waals surface area contributed by atoms with Crippen LogP contribution in [0.3, 0.4) is 0 Å². The van der Waals surface area contributed by atoms with Crippen LogP contribution in [-0.4, -0.2) is 29.8 Å². The summed E-state index contributed by atoms with van der Waals surface area (Å²) in [5, 5.41) is 10.8. The van der Waals surface area contributed by atoms with E-state index in [4.69, 9.17) is 17.3 Å². The topological polar surface area (TPSA) is 90.1 Å². The molecule has 3 N–H and O–H groups in total. The summed E-state index contributed by atoms with van der Waals surface area (Å²) in [5.41, 5.74) is 7.96. The van der Waals surface area contributed by atoms with Crippen LogP contribution < -0.4 is 11.1 Å². The zero-order valence-corrected chi connectivity index (χ0v) is 12.2. The number of benzene rings is 1. The first-order valence-corrected chi connectivity index (χ1v) is 6.68. The zero-order chi connectivity index (χ0) is 15.2. The van der Waals surface area contributed by atoms with Crippen LogP contribution in [0.4, 0.5) is 11.5 Å². The fraction of sp³-hybridized carbons (Fsp3) is 0.214. The molecule has 0 bridgehead atoms. The van der Waals surface area contributed by atoms with Crippen LogP contribution in [0.5, 0.6) is 0 Å². The number of halogens is 1. The third-order valence-electron chi connectivity index (χ3n) is 2.90. The van der Waals surface area contributed by atoms with Crippen molar-refractivity contribution in [2.45, 2.75) is 6.42 Å². The smallest absolute Gasteiger partial charge is 0.337 e. The van der Waals surface area contributed by atoms with E-state index in [1.165, 1.54) is 7.11 Å². The third-order valence-corrected chi connectivity index (χ3v) is 3.08. The molecule has 0 aliphatic heterocycles. The van der Waals surface area contributed by atoms with Crippen molar-refractivity contribution in [1.29, 1.82) is 0 Å². The van der Waals surface area contributed by atoms with Crippen molar-refractivity contribution in [3.63, 3.8) is 0 Å². The molecule has 0 aliphatic carbocycles. The Balaban J connectivity index is 1.91. The maximum atomic E-state index is 11.3. The maximum absolute atomic E-state index is 11.3. The molecule has 21 heavy (non-hydrogen) atoms. The van der Waals surface area contributed by atoms with Crippen LogP contribution in [0.15, 0.2) is 30.3 Å². The van der Waals surface area contributed by atoms with Gasteiger partial charge in [-0.25, -0.2) is 4.79 Å². The lowest BCUT2D eigenvalue weighted by Crippen LogP contribution is -2.09. The molecule has 7 heteroatoms. The minimum absolute atomic E-state index is 0.286. The molecule has 0 fully saturated rings. The summed E-state index contributed by atoms with van der Waals surface area (Å²) in [7, 11) is 1.36. The number of hydrogen-bond donors (Lipinski definition) is 2. The van der Waals surface area contributed by atoms with Crippen LogP contribution in [0.1, 0.15) is 15.9 Å². The van der Waals surface area contributed by atoms with Gasteiger partial charge in [0, 0.05) is 12.6 Å². The monoisotopic (exact) mass is 306 g/mol. The van der Waals surface area contributed by atoms with Gasteiger partial charge in [0.25, 0.3) is 0 Å². The van der Waals surface area contributed by atoms with Gasteiger partial charge in [0.1, 0.15) is 0 Å². The highest BCUT2D eigenvalue weighted by Crippen LogP contribution is 2.17. The van der Waals surface area contributed by atoms with Crippen LogP contribution in [0.25, 0.3) is 0 Å². The van der Waals surface area contributed by atoms with Gasteiger partial charge in [-0.05, 0) is 24.1 Å². The van der Waals surface area contributed by atoms with Crippen molar-refractivity contribution >= 4 is 29.1 Å². The Labute approximate surface area is 127 Å². The van der Waals surface area contributed by atoms with Gasteiger partial charge < -0.3 is 15.8 Å². The van der Waals surface area contributed by atoms with Gasteiger partial charge in [-0.2, -0.15) is 0 Å². The number of nitrogens with zero attached hydrogens (tertiary/aromatic N) is 2. The molecule has 1 heterocycles. The molecular weight excluding hydrogens is 292 g/mol. The van der Waals surface area contributed by atoms with Gasteiger partial charge in [0.2, 0.25) is 0 Å². The Hall–Kier alpha value is -2.34. The number of methoxy groups -OCH3 is 1. The first-order valence-electron chi connectivity index (χ1n) is 6.30. The van der Waals surface area contributed by atoms with Gasteiger partial charge in [-0.15, -0.1) is 10.2 Å². The lowest BCUT2D eigenvalue weighted by atomic mass is 10.1. The van der Waals surface area contributed by atoms with Gasteiger partial charge in [0.05, 0.1) is 18.4 Å². The average Bonchev–Trinajstić information content (AvgIpc) is 2.50. The van der Waals surface area contributed by atoms with Crippen molar-refractivity contribution < 1.29 is 9.53 Å².